The number of nitrogens with one attached hydrogen (secondary N) is 1. The standard InChI is InChI=1S/C23H23N3O4/c1-14(2)23(16-3-4-17-13-24-25-21(17)11-16)30-18-7-5-15(6-8-18)19(12-22(27)28)20-9-10-29-26-20/h3-11,13-14,19,23H,12H2,1-2H3,(H,24,25)(H,27,28). The molecular weight excluding hydrogens is 382 g/mol. The van der Waals surface area contributed by atoms with E-state index in [0.717, 1.165) is 27.8 Å². The third kappa shape index (κ3) is 4.20. The first-order valence-corrected chi connectivity index (χ1v) is 9.83. The Hall–Kier alpha value is -3.61. The van der Waals surface area contributed by atoms with Crippen molar-refractivity contribution in [3.8, 4) is 5.75 Å². The summed E-state index contributed by atoms with van der Waals surface area (Å²) in [6, 6.07) is 15.4. The normalized spacial score (nSPS) is 13.4. The number of aromatic nitrogens is 3. The molecule has 0 amide bonds. The second-order valence-electron chi connectivity index (χ2n) is 7.64. The van der Waals surface area contributed by atoms with E-state index in [1.165, 1.54) is 6.26 Å². The highest BCUT2D eigenvalue weighted by Gasteiger charge is 2.22. The molecule has 2 N–H and O–H groups in total. The molecular formula is C23H23N3O4. The average molecular weight is 405 g/mol. The van der Waals surface area contributed by atoms with Gasteiger partial charge in [0, 0.05) is 17.4 Å². The summed E-state index contributed by atoms with van der Waals surface area (Å²) in [5, 5.41) is 21.3. The summed E-state index contributed by atoms with van der Waals surface area (Å²) < 4.78 is 11.2. The number of fused-ring (bicyclic) bond motifs is 1. The summed E-state index contributed by atoms with van der Waals surface area (Å²) in [6.45, 7) is 4.23. The Balaban J connectivity index is 1.56. The van der Waals surface area contributed by atoms with E-state index >= 15 is 0 Å². The Bertz CT molecular complexity index is 1120. The zero-order valence-electron chi connectivity index (χ0n) is 16.8. The number of hydrogen-bond acceptors (Lipinski definition) is 5. The van der Waals surface area contributed by atoms with Crippen LogP contribution in [-0.2, 0) is 4.79 Å². The van der Waals surface area contributed by atoms with Gasteiger partial charge in [-0.25, -0.2) is 0 Å². The number of hydrogen-bond donors (Lipinski definition) is 2. The minimum Gasteiger partial charge on any atom is -0.485 e. The molecule has 0 aliphatic rings. The molecule has 2 aromatic carbocycles. The minimum atomic E-state index is -0.891. The Morgan fingerprint density at radius 3 is 2.57 bits per heavy atom. The van der Waals surface area contributed by atoms with Crippen molar-refractivity contribution in [3.63, 3.8) is 0 Å². The SMILES string of the molecule is CC(C)C(Oc1ccc(C(CC(=O)O)c2ccon2)cc1)c1ccc2cn[nH]c2c1. The molecule has 2 aromatic heterocycles. The second kappa shape index (κ2) is 8.41. The number of ether oxygens (including phenoxy) is 1. The highest BCUT2D eigenvalue weighted by molar-refractivity contribution is 5.78. The van der Waals surface area contributed by atoms with Crippen LogP contribution in [0.15, 0.2) is 65.5 Å². The van der Waals surface area contributed by atoms with Crippen molar-refractivity contribution in [1.29, 1.82) is 0 Å². The molecule has 0 saturated heterocycles. The Morgan fingerprint density at radius 2 is 1.90 bits per heavy atom. The lowest BCUT2D eigenvalue weighted by molar-refractivity contribution is -0.137. The maximum atomic E-state index is 11.3. The average Bonchev–Trinajstić information content (AvgIpc) is 3.41. The van der Waals surface area contributed by atoms with Gasteiger partial charge in [-0.1, -0.05) is 43.3 Å². The molecule has 0 fully saturated rings. The van der Waals surface area contributed by atoms with Gasteiger partial charge < -0.3 is 14.4 Å². The fourth-order valence-electron chi connectivity index (χ4n) is 3.62. The lowest BCUT2D eigenvalue weighted by atomic mass is 9.92. The molecule has 2 unspecified atom stereocenters. The summed E-state index contributed by atoms with van der Waals surface area (Å²) in [5.41, 5.74) is 3.48. The molecule has 4 aromatic rings. The van der Waals surface area contributed by atoms with Crippen molar-refractivity contribution >= 4 is 16.9 Å². The van der Waals surface area contributed by atoms with Crippen LogP contribution in [0.4, 0.5) is 0 Å². The minimum absolute atomic E-state index is 0.0639. The van der Waals surface area contributed by atoms with Crippen LogP contribution in [0.3, 0.4) is 0 Å². The third-order valence-electron chi connectivity index (χ3n) is 5.14. The smallest absolute Gasteiger partial charge is 0.304 e. The lowest BCUT2D eigenvalue weighted by Crippen LogP contribution is -2.14. The van der Waals surface area contributed by atoms with Crippen LogP contribution in [0.1, 0.15) is 49.1 Å². The largest absolute Gasteiger partial charge is 0.485 e. The van der Waals surface area contributed by atoms with Gasteiger partial charge in [-0.3, -0.25) is 9.89 Å². The number of aromatic amines is 1. The van der Waals surface area contributed by atoms with Crippen LogP contribution in [0.2, 0.25) is 0 Å². The molecule has 2 heterocycles. The van der Waals surface area contributed by atoms with Gasteiger partial charge in [-0.05, 0) is 35.2 Å². The monoisotopic (exact) mass is 405 g/mol. The lowest BCUT2D eigenvalue weighted by Gasteiger charge is -2.23. The third-order valence-corrected chi connectivity index (χ3v) is 5.14. The van der Waals surface area contributed by atoms with E-state index in [1.807, 2.05) is 30.3 Å². The number of aliphatic carboxylic acids is 1. The molecule has 0 saturated carbocycles. The predicted octanol–water partition coefficient (Wildman–Crippen LogP) is 4.93. The summed E-state index contributed by atoms with van der Waals surface area (Å²) in [6.07, 6.45) is 3.05. The molecule has 30 heavy (non-hydrogen) atoms. The Morgan fingerprint density at radius 1 is 1.13 bits per heavy atom. The van der Waals surface area contributed by atoms with Gasteiger partial charge in [0.05, 0.1) is 23.8 Å². The number of carboxylic acid groups (broad SMARTS) is 1. The van der Waals surface area contributed by atoms with Crippen LogP contribution < -0.4 is 4.74 Å². The first-order chi connectivity index (χ1) is 14.5. The van der Waals surface area contributed by atoms with Gasteiger partial charge in [0.25, 0.3) is 0 Å². The topological polar surface area (TPSA) is 101 Å². The summed E-state index contributed by atoms with van der Waals surface area (Å²) >= 11 is 0. The first-order valence-electron chi connectivity index (χ1n) is 9.83. The van der Waals surface area contributed by atoms with Gasteiger partial charge >= 0.3 is 5.97 Å². The number of carbonyl (C=O) groups is 1. The van der Waals surface area contributed by atoms with E-state index in [0.29, 0.717) is 5.69 Å². The van der Waals surface area contributed by atoms with Gasteiger partial charge in [-0.15, -0.1) is 0 Å². The predicted molar refractivity (Wildman–Crippen MR) is 111 cm³/mol. The number of nitrogens with zero attached hydrogens (tertiary/aromatic N) is 2. The first kappa shape index (κ1) is 19.7. The van der Waals surface area contributed by atoms with Gasteiger partial charge in [0.2, 0.25) is 0 Å². The van der Waals surface area contributed by atoms with Crippen LogP contribution in [0.5, 0.6) is 5.75 Å². The maximum absolute atomic E-state index is 11.3. The molecule has 0 aliphatic carbocycles. The van der Waals surface area contributed by atoms with Crippen LogP contribution in [0, 0.1) is 5.92 Å². The summed E-state index contributed by atoms with van der Waals surface area (Å²) in [4.78, 5) is 11.3. The van der Waals surface area contributed by atoms with Crippen LogP contribution >= 0.6 is 0 Å². The van der Waals surface area contributed by atoms with Crippen molar-refractivity contribution in [1.82, 2.24) is 15.4 Å². The summed E-state index contributed by atoms with van der Waals surface area (Å²) in [5.74, 6) is -0.298. The van der Waals surface area contributed by atoms with E-state index in [4.69, 9.17) is 9.26 Å². The molecule has 2 atom stereocenters. The molecule has 154 valence electrons. The van der Waals surface area contributed by atoms with Crippen molar-refractivity contribution in [3.05, 3.63) is 77.8 Å². The van der Waals surface area contributed by atoms with E-state index in [1.54, 1.807) is 12.3 Å². The number of H-pyrrole nitrogens is 1. The molecule has 0 bridgehead atoms. The zero-order valence-corrected chi connectivity index (χ0v) is 16.8. The van der Waals surface area contributed by atoms with Crippen molar-refractivity contribution < 1.29 is 19.2 Å². The number of rotatable bonds is 8. The van der Waals surface area contributed by atoms with E-state index < -0.39 is 5.97 Å². The van der Waals surface area contributed by atoms with Crippen molar-refractivity contribution in [2.45, 2.75) is 32.3 Å². The second-order valence-corrected chi connectivity index (χ2v) is 7.64. The molecule has 0 radical (unpaired) electrons. The van der Waals surface area contributed by atoms with Crippen molar-refractivity contribution in [2.24, 2.45) is 5.92 Å². The fraction of sp³-hybridized carbons (Fsp3) is 0.261. The van der Waals surface area contributed by atoms with Crippen LogP contribution in [0.25, 0.3) is 10.9 Å². The van der Waals surface area contributed by atoms with Crippen LogP contribution in [-0.4, -0.2) is 26.4 Å². The molecule has 0 spiro atoms. The Kier molecular flexibility index (Phi) is 5.52. The Labute approximate surface area is 173 Å². The fourth-order valence-corrected chi connectivity index (χ4v) is 3.62. The zero-order chi connectivity index (χ0) is 21.1. The highest BCUT2D eigenvalue weighted by Crippen LogP contribution is 2.32. The van der Waals surface area contributed by atoms with Gasteiger partial charge in [0.15, 0.2) is 0 Å². The van der Waals surface area contributed by atoms with E-state index in [9.17, 15) is 9.90 Å². The number of carboxylic acids is 1. The summed E-state index contributed by atoms with van der Waals surface area (Å²) in [7, 11) is 0. The molecule has 7 heteroatoms. The molecule has 0 aliphatic heterocycles. The van der Waals surface area contributed by atoms with Gasteiger partial charge in [-0.2, -0.15) is 5.10 Å². The maximum Gasteiger partial charge on any atom is 0.304 e. The highest BCUT2D eigenvalue weighted by atomic mass is 16.5. The van der Waals surface area contributed by atoms with Gasteiger partial charge in [0.1, 0.15) is 18.1 Å². The molecule has 4 rings (SSSR count). The van der Waals surface area contributed by atoms with Crippen molar-refractivity contribution in [2.75, 3.05) is 0 Å². The van der Waals surface area contributed by atoms with E-state index in [2.05, 4.69) is 41.3 Å². The van der Waals surface area contributed by atoms with E-state index in [-0.39, 0.29) is 24.4 Å². The molecule has 7 nitrogen and oxygen atoms in total. The number of benzene rings is 2. The quantitative estimate of drug-likeness (QED) is 0.431.